The molecule has 1 aliphatic heterocycles. The van der Waals surface area contributed by atoms with Crippen LogP contribution in [0.25, 0.3) is 10.8 Å². The second-order valence-corrected chi connectivity index (χ2v) is 8.60. The topological polar surface area (TPSA) is 43.4 Å². The number of hydrogen-bond acceptors (Lipinski definition) is 3. The van der Waals surface area contributed by atoms with Gasteiger partial charge in [-0.2, -0.15) is 0 Å². The van der Waals surface area contributed by atoms with E-state index in [1.54, 1.807) is 30.3 Å². The first-order valence-electron chi connectivity index (χ1n) is 8.31. The maximum Gasteiger partial charge on any atom is 0.176 e. The number of sulfone groups is 1. The van der Waals surface area contributed by atoms with Gasteiger partial charge in [0.15, 0.2) is 21.5 Å². The molecule has 0 radical (unpaired) electrons. The molecule has 0 aliphatic carbocycles. The highest BCUT2D eigenvalue weighted by Gasteiger charge is 2.28. The summed E-state index contributed by atoms with van der Waals surface area (Å²) in [4.78, 5) is 0.206. The van der Waals surface area contributed by atoms with Gasteiger partial charge in [0.05, 0.1) is 4.90 Å². The highest BCUT2D eigenvalue weighted by atomic mass is 32.2. The fourth-order valence-corrected chi connectivity index (χ4v) is 4.43. The molecule has 0 spiro atoms. The predicted octanol–water partition coefficient (Wildman–Crippen LogP) is 4.73. The van der Waals surface area contributed by atoms with Gasteiger partial charge in [-0.15, -0.1) is 0 Å². The van der Waals surface area contributed by atoms with Crippen molar-refractivity contribution in [2.24, 2.45) is 0 Å². The highest BCUT2D eigenvalue weighted by Crippen LogP contribution is 2.42. The maximum absolute atomic E-state index is 14.2. The van der Waals surface area contributed by atoms with E-state index in [0.29, 0.717) is 41.0 Å². The van der Waals surface area contributed by atoms with E-state index >= 15 is 0 Å². The summed E-state index contributed by atoms with van der Waals surface area (Å²) in [7, 11) is -3.45. The minimum Gasteiger partial charge on any atom is -0.485 e. The van der Waals surface area contributed by atoms with Crippen LogP contribution in [0, 0.1) is 17.5 Å². The van der Waals surface area contributed by atoms with Crippen LogP contribution in [-0.2, 0) is 16.3 Å². The van der Waals surface area contributed by atoms with Gasteiger partial charge in [-0.1, -0.05) is 24.3 Å². The van der Waals surface area contributed by atoms with Gasteiger partial charge >= 0.3 is 0 Å². The van der Waals surface area contributed by atoms with E-state index in [0.717, 1.165) is 12.3 Å². The van der Waals surface area contributed by atoms with Crippen LogP contribution in [0.2, 0.25) is 0 Å². The predicted molar refractivity (Wildman–Crippen MR) is 95.1 cm³/mol. The molecule has 3 nitrogen and oxygen atoms in total. The zero-order chi connectivity index (χ0) is 19.3. The Bertz CT molecular complexity index is 1170. The summed E-state index contributed by atoms with van der Waals surface area (Å²) in [5.74, 6) is -2.83. The van der Waals surface area contributed by atoms with E-state index in [4.69, 9.17) is 4.74 Å². The first kappa shape index (κ1) is 17.9. The molecule has 3 aromatic carbocycles. The molecule has 1 aliphatic rings. The van der Waals surface area contributed by atoms with Crippen LogP contribution in [0.3, 0.4) is 0 Å². The third kappa shape index (κ3) is 3.06. The van der Waals surface area contributed by atoms with Crippen LogP contribution < -0.4 is 4.74 Å². The van der Waals surface area contributed by atoms with E-state index in [1.165, 1.54) is 0 Å². The lowest BCUT2D eigenvalue weighted by Gasteiger charge is -2.28. The zero-order valence-electron chi connectivity index (χ0n) is 14.3. The van der Waals surface area contributed by atoms with Crippen molar-refractivity contribution < 1.29 is 26.3 Å². The molecule has 0 saturated carbocycles. The van der Waals surface area contributed by atoms with Crippen LogP contribution >= 0.6 is 0 Å². The Balaban J connectivity index is 1.87. The molecule has 140 valence electrons. The Labute approximate surface area is 154 Å². The van der Waals surface area contributed by atoms with Crippen LogP contribution in [-0.4, -0.2) is 14.7 Å². The van der Waals surface area contributed by atoms with Gasteiger partial charge in [-0.25, -0.2) is 21.6 Å². The summed E-state index contributed by atoms with van der Waals surface area (Å²) < 4.78 is 71.2. The Morgan fingerprint density at radius 1 is 0.963 bits per heavy atom. The van der Waals surface area contributed by atoms with Gasteiger partial charge < -0.3 is 4.74 Å². The quantitative estimate of drug-likeness (QED) is 0.593. The summed E-state index contributed by atoms with van der Waals surface area (Å²) in [5.41, 5.74) is 0.629. The fraction of sp³-hybridized carbons (Fsp3) is 0.200. The average molecular weight is 392 g/mol. The molecule has 3 aromatic rings. The molecule has 27 heavy (non-hydrogen) atoms. The van der Waals surface area contributed by atoms with Crippen LogP contribution in [0.15, 0.2) is 47.4 Å². The standard InChI is InChI=1S/C20H15F3O3S/c1-27(24,25)19-8-11-6-7-18(14-9-16(22)17(23)10-15(14)21)26-20(11)13-5-3-2-4-12(13)19/h2-5,8-10,18H,6-7H2,1H3. The van der Waals surface area contributed by atoms with Crippen LogP contribution in [0.4, 0.5) is 13.2 Å². The molecule has 0 amide bonds. The van der Waals surface area contributed by atoms with Gasteiger partial charge in [-0.3, -0.25) is 0 Å². The third-order valence-electron chi connectivity index (χ3n) is 4.76. The molecule has 7 heteroatoms. The number of halogens is 3. The molecule has 0 bridgehead atoms. The Hall–Kier alpha value is -2.54. The largest absolute Gasteiger partial charge is 0.485 e. The monoisotopic (exact) mass is 392 g/mol. The van der Waals surface area contributed by atoms with Gasteiger partial charge in [-0.05, 0) is 30.5 Å². The van der Waals surface area contributed by atoms with E-state index in [1.807, 2.05) is 0 Å². The van der Waals surface area contributed by atoms with Crippen molar-refractivity contribution in [3.8, 4) is 5.75 Å². The molecule has 0 aromatic heterocycles. The van der Waals surface area contributed by atoms with E-state index in [-0.39, 0.29) is 10.5 Å². The van der Waals surface area contributed by atoms with Crippen LogP contribution in [0.5, 0.6) is 5.75 Å². The molecule has 0 fully saturated rings. The fourth-order valence-electron chi connectivity index (χ4n) is 3.49. The first-order chi connectivity index (χ1) is 12.8. The summed E-state index contributed by atoms with van der Waals surface area (Å²) in [6.45, 7) is 0. The van der Waals surface area contributed by atoms with E-state index in [9.17, 15) is 21.6 Å². The number of benzene rings is 3. The number of ether oxygens (including phenoxy) is 1. The average Bonchev–Trinajstić information content (AvgIpc) is 2.63. The van der Waals surface area contributed by atoms with Crippen molar-refractivity contribution in [1.29, 1.82) is 0 Å². The summed E-state index contributed by atoms with van der Waals surface area (Å²) >= 11 is 0. The third-order valence-corrected chi connectivity index (χ3v) is 5.89. The lowest BCUT2D eigenvalue weighted by Crippen LogP contribution is -2.18. The number of fused-ring (bicyclic) bond motifs is 3. The normalized spacial score (nSPS) is 16.8. The minimum atomic E-state index is -3.45. The highest BCUT2D eigenvalue weighted by molar-refractivity contribution is 7.91. The van der Waals surface area contributed by atoms with Gasteiger partial charge in [0.25, 0.3) is 0 Å². The number of aryl methyl sites for hydroxylation is 1. The van der Waals surface area contributed by atoms with Crippen molar-refractivity contribution in [1.82, 2.24) is 0 Å². The summed E-state index contributed by atoms with van der Waals surface area (Å²) in [5, 5.41) is 1.09. The van der Waals surface area contributed by atoms with E-state index in [2.05, 4.69) is 0 Å². The lowest BCUT2D eigenvalue weighted by atomic mass is 9.94. The Morgan fingerprint density at radius 2 is 1.63 bits per heavy atom. The van der Waals surface area contributed by atoms with E-state index < -0.39 is 33.4 Å². The SMILES string of the molecule is CS(=O)(=O)c1cc2c(c3ccccc13)OC(c1cc(F)c(F)cc1F)CC2. The molecule has 1 heterocycles. The number of rotatable bonds is 2. The second kappa shape index (κ2) is 6.27. The second-order valence-electron chi connectivity index (χ2n) is 6.61. The van der Waals surface area contributed by atoms with Crippen molar-refractivity contribution >= 4 is 20.6 Å². The molecule has 1 atom stereocenters. The van der Waals surface area contributed by atoms with Crippen LogP contribution in [0.1, 0.15) is 23.7 Å². The van der Waals surface area contributed by atoms with Crippen molar-refractivity contribution in [3.05, 3.63) is 71.0 Å². The summed E-state index contributed by atoms with van der Waals surface area (Å²) in [6.07, 6.45) is 1.09. The Morgan fingerprint density at radius 3 is 2.33 bits per heavy atom. The van der Waals surface area contributed by atoms with Crippen molar-refractivity contribution in [2.75, 3.05) is 6.26 Å². The Kier molecular flexibility index (Phi) is 4.14. The van der Waals surface area contributed by atoms with Crippen molar-refractivity contribution in [3.63, 3.8) is 0 Å². The van der Waals surface area contributed by atoms with Gasteiger partial charge in [0, 0.05) is 28.7 Å². The minimum absolute atomic E-state index is 0.0594. The first-order valence-corrected chi connectivity index (χ1v) is 10.2. The molecule has 0 saturated heterocycles. The molecular weight excluding hydrogens is 377 g/mol. The molecule has 1 unspecified atom stereocenters. The lowest BCUT2D eigenvalue weighted by molar-refractivity contribution is 0.174. The summed E-state index contributed by atoms with van der Waals surface area (Å²) in [6, 6.07) is 9.77. The smallest absolute Gasteiger partial charge is 0.176 e. The van der Waals surface area contributed by atoms with Gasteiger partial charge in [0.2, 0.25) is 0 Å². The van der Waals surface area contributed by atoms with Gasteiger partial charge in [0.1, 0.15) is 17.7 Å². The molecule has 4 rings (SSSR count). The zero-order valence-corrected chi connectivity index (χ0v) is 15.1. The molecular formula is C20H15F3O3S. The maximum atomic E-state index is 14.2. The van der Waals surface area contributed by atoms with Crippen molar-refractivity contribution in [2.45, 2.75) is 23.8 Å². The molecule has 0 N–H and O–H groups in total. The number of hydrogen-bond donors (Lipinski definition) is 0.